The maximum absolute atomic E-state index is 11.8. The number of ether oxygens (including phenoxy) is 1. The van der Waals surface area contributed by atoms with Gasteiger partial charge in [-0.15, -0.1) is 0 Å². The molecular formula is C17H15NO3. The van der Waals surface area contributed by atoms with Gasteiger partial charge in [0.15, 0.2) is 0 Å². The van der Waals surface area contributed by atoms with Crippen LogP contribution in [0.4, 0.5) is 10.5 Å². The van der Waals surface area contributed by atoms with Gasteiger partial charge < -0.3 is 4.74 Å². The fourth-order valence-corrected chi connectivity index (χ4v) is 2.33. The molecule has 0 unspecified atom stereocenters. The number of anilines is 1. The van der Waals surface area contributed by atoms with Crippen molar-refractivity contribution in [2.75, 3.05) is 5.32 Å². The Kier molecular flexibility index (Phi) is 3.69. The van der Waals surface area contributed by atoms with Crippen LogP contribution in [0.25, 0.3) is 0 Å². The van der Waals surface area contributed by atoms with Crippen LogP contribution in [0.5, 0.6) is 5.75 Å². The van der Waals surface area contributed by atoms with Crippen molar-refractivity contribution in [1.29, 1.82) is 0 Å². The molecule has 0 atom stereocenters. The van der Waals surface area contributed by atoms with Gasteiger partial charge in [0.25, 0.3) is 0 Å². The summed E-state index contributed by atoms with van der Waals surface area (Å²) >= 11 is 0. The number of hydrogen-bond donors (Lipinski definition) is 1. The lowest BCUT2D eigenvalue weighted by molar-refractivity contribution is -0.124. The predicted molar refractivity (Wildman–Crippen MR) is 79.5 cm³/mol. The second-order valence-electron chi connectivity index (χ2n) is 5.10. The zero-order chi connectivity index (χ0) is 14.7. The monoisotopic (exact) mass is 281 g/mol. The van der Waals surface area contributed by atoms with E-state index in [2.05, 4.69) is 5.32 Å². The third-order valence-corrected chi connectivity index (χ3v) is 3.51. The van der Waals surface area contributed by atoms with Crippen LogP contribution < -0.4 is 10.1 Å². The van der Waals surface area contributed by atoms with E-state index in [-0.39, 0.29) is 11.7 Å². The van der Waals surface area contributed by atoms with Crippen LogP contribution in [0.15, 0.2) is 54.6 Å². The third-order valence-electron chi connectivity index (χ3n) is 3.51. The molecule has 0 aliphatic heterocycles. The first-order chi connectivity index (χ1) is 10.2. The molecule has 1 fully saturated rings. The third kappa shape index (κ3) is 3.28. The highest BCUT2D eigenvalue weighted by molar-refractivity contribution is 5.87. The van der Waals surface area contributed by atoms with E-state index < -0.39 is 6.09 Å². The number of amides is 1. The molecule has 0 radical (unpaired) electrons. The molecule has 4 nitrogen and oxygen atoms in total. The fraction of sp³-hybridized carbons (Fsp3) is 0.176. The molecular weight excluding hydrogens is 266 g/mol. The summed E-state index contributed by atoms with van der Waals surface area (Å²) in [5.74, 6) is 1.03. The molecule has 0 spiro atoms. The smallest absolute Gasteiger partial charge is 0.410 e. The summed E-state index contributed by atoms with van der Waals surface area (Å²) in [7, 11) is 0. The lowest BCUT2D eigenvalue weighted by Crippen LogP contribution is -2.21. The minimum atomic E-state index is -0.525. The number of benzene rings is 2. The first kappa shape index (κ1) is 13.4. The number of hydrogen-bond acceptors (Lipinski definition) is 3. The number of ketones is 1. The molecule has 21 heavy (non-hydrogen) atoms. The van der Waals surface area contributed by atoms with Crippen LogP contribution in [0, 0.1) is 0 Å². The van der Waals surface area contributed by atoms with Gasteiger partial charge in [0.05, 0.1) is 0 Å². The fourth-order valence-electron chi connectivity index (χ4n) is 2.33. The van der Waals surface area contributed by atoms with E-state index in [1.807, 2.05) is 36.4 Å². The van der Waals surface area contributed by atoms with Crippen molar-refractivity contribution < 1.29 is 14.3 Å². The number of carbonyl (C=O) groups is 2. The van der Waals surface area contributed by atoms with Crippen LogP contribution >= 0.6 is 0 Å². The van der Waals surface area contributed by atoms with Crippen molar-refractivity contribution in [3.05, 3.63) is 60.2 Å². The Balaban J connectivity index is 1.63. The summed E-state index contributed by atoms with van der Waals surface area (Å²) < 4.78 is 5.27. The van der Waals surface area contributed by atoms with E-state index in [4.69, 9.17) is 4.74 Å². The minimum Gasteiger partial charge on any atom is -0.410 e. The quantitative estimate of drug-likeness (QED) is 0.932. The van der Waals surface area contributed by atoms with Crippen molar-refractivity contribution >= 4 is 17.6 Å². The van der Waals surface area contributed by atoms with Gasteiger partial charge in [0, 0.05) is 18.5 Å². The number of nitrogens with one attached hydrogen (secondary N) is 1. The Hall–Kier alpha value is -2.62. The lowest BCUT2D eigenvalue weighted by atomic mass is 9.79. The molecule has 3 rings (SSSR count). The van der Waals surface area contributed by atoms with Crippen molar-refractivity contribution in [2.45, 2.75) is 18.8 Å². The molecule has 0 saturated heterocycles. The van der Waals surface area contributed by atoms with Gasteiger partial charge in [-0.2, -0.15) is 0 Å². The molecule has 1 aliphatic carbocycles. The number of para-hydroxylation sites is 1. The normalized spacial score (nSPS) is 14.4. The second-order valence-corrected chi connectivity index (χ2v) is 5.10. The van der Waals surface area contributed by atoms with Crippen LogP contribution in [0.2, 0.25) is 0 Å². The van der Waals surface area contributed by atoms with Gasteiger partial charge in [-0.1, -0.05) is 30.3 Å². The van der Waals surface area contributed by atoms with Gasteiger partial charge >= 0.3 is 6.09 Å². The highest BCUT2D eigenvalue weighted by Crippen LogP contribution is 2.34. The van der Waals surface area contributed by atoms with Crippen molar-refractivity contribution in [3.63, 3.8) is 0 Å². The average molecular weight is 281 g/mol. The molecule has 0 aromatic heterocycles. The zero-order valence-electron chi connectivity index (χ0n) is 11.4. The molecule has 1 amide bonds. The van der Waals surface area contributed by atoms with Gasteiger partial charge in [-0.25, -0.2) is 4.79 Å². The Morgan fingerprint density at radius 3 is 2.52 bits per heavy atom. The van der Waals surface area contributed by atoms with Gasteiger partial charge in [0.1, 0.15) is 11.5 Å². The van der Waals surface area contributed by atoms with Gasteiger partial charge in [-0.05, 0) is 35.7 Å². The molecule has 2 aromatic rings. The van der Waals surface area contributed by atoms with E-state index in [0.29, 0.717) is 24.3 Å². The highest BCUT2D eigenvalue weighted by Gasteiger charge is 2.28. The largest absolute Gasteiger partial charge is 0.417 e. The second kappa shape index (κ2) is 5.79. The standard InChI is InChI=1S/C17H15NO3/c19-15-9-13(10-15)12-5-4-8-16(11-12)21-17(20)18-14-6-2-1-3-7-14/h1-8,11,13H,9-10H2,(H,18,20). The molecule has 1 aliphatic rings. The van der Waals surface area contributed by atoms with Gasteiger partial charge in [0.2, 0.25) is 0 Å². The van der Waals surface area contributed by atoms with Crippen LogP contribution in [-0.4, -0.2) is 11.9 Å². The van der Waals surface area contributed by atoms with Crippen LogP contribution in [-0.2, 0) is 4.79 Å². The average Bonchev–Trinajstić information content (AvgIpc) is 2.45. The zero-order valence-corrected chi connectivity index (χ0v) is 11.4. The first-order valence-corrected chi connectivity index (χ1v) is 6.86. The summed E-state index contributed by atoms with van der Waals surface area (Å²) in [6.45, 7) is 0. The number of carbonyl (C=O) groups excluding carboxylic acids is 2. The summed E-state index contributed by atoms with van der Waals surface area (Å²) in [6.07, 6.45) is 0.641. The Morgan fingerprint density at radius 1 is 1.05 bits per heavy atom. The van der Waals surface area contributed by atoms with Crippen molar-refractivity contribution in [1.82, 2.24) is 0 Å². The minimum absolute atomic E-state index is 0.262. The SMILES string of the molecule is O=C1CC(c2cccc(OC(=O)Nc3ccccc3)c2)C1. The first-order valence-electron chi connectivity index (χ1n) is 6.86. The summed E-state index contributed by atoms with van der Waals surface area (Å²) in [5.41, 5.74) is 1.72. The summed E-state index contributed by atoms with van der Waals surface area (Å²) in [4.78, 5) is 22.9. The molecule has 1 saturated carbocycles. The molecule has 4 heteroatoms. The van der Waals surface area contributed by atoms with Crippen molar-refractivity contribution in [2.24, 2.45) is 0 Å². The number of rotatable bonds is 3. The van der Waals surface area contributed by atoms with E-state index in [0.717, 1.165) is 5.56 Å². The molecule has 2 aromatic carbocycles. The Bertz CT molecular complexity index is 659. The lowest BCUT2D eigenvalue weighted by Gasteiger charge is -2.24. The molecule has 0 heterocycles. The van der Waals surface area contributed by atoms with Crippen LogP contribution in [0.3, 0.4) is 0 Å². The summed E-state index contributed by atoms with van der Waals surface area (Å²) in [5, 5.41) is 2.66. The summed E-state index contributed by atoms with van der Waals surface area (Å²) in [6, 6.07) is 16.5. The molecule has 0 bridgehead atoms. The van der Waals surface area contributed by atoms with Gasteiger partial charge in [-0.3, -0.25) is 10.1 Å². The molecule has 106 valence electrons. The maximum atomic E-state index is 11.8. The maximum Gasteiger partial charge on any atom is 0.417 e. The number of Topliss-reactive ketones (excluding diaryl/α,β-unsaturated/α-hetero) is 1. The van der Waals surface area contributed by atoms with Crippen molar-refractivity contribution in [3.8, 4) is 5.75 Å². The van der Waals surface area contributed by atoms with E-state index in [1.165, 1.54) is 0 Å². The van der Waals surface area contributed by atoms with E-state index >= 15 is 0 Å². The van der Waals surface area contributed by atoms with E-state index in [9.17, 15) is 9.59 Å². The Labute approximate surface area is 122 Å². The van der Waals surface area contributed by atoms with E-state index in [1.54, 1.807) is 18.2 Å². The topological polar surface area (TPSA) is 55.4 Å². The molecule has 1 N–H and O–H groups in total. The highest BCUT2D eigenvalue weighted by atomic mass is 16.6. The Morgan fingerprint density at radius 2 is 1.81 bits per heavy atom. The predicted octanol–water partition coefficient (Wildman–Crippen LogP) is 3.74. The van der Waals surface area contributed by atoms with Crippen LogP contribution in [0.1, 0.15) is 24.3 Å².